The summed E-state index contributed by atoms with van der Waals surface area (Å²) in [5, 5.41) is 4.92. The third-order valence-electron chi connectivity index (χ3n) is 6.55. The number of fused-ring (bicyclic) bond motifs is 2. The monoisotopic (exact) mass is 535 g/mol. The largest absolute Gasteiger partial charge is 0.481 e. The van der Waals surface area contributed by atoms with Crippen LogP contribution in [-0.2, 0) is 6.54 Å². The molecular weight excluding hydrogens is 510 g/mol. The van der Waals surface area contributed by atoms with Gasteiger partial charge in [0.2, 0.25) is 0 Å². The number of aryl methyl sites for hydroxylation is 2. The Hall–Kier alpha value is -2.55. The molecular formula is C26H26BrN5OS. The quantitative estimate of drug-likeness (QED) is 0.342. The van der Waals surface area contributed by atoms with Gasteiger partial charge in [0.25, 0.3) is 0 Å². The minimum Gasteiger partial charge on any atom is -0.481 e. The average Bonchev–Trinajstić information content (AvgIpc) is 3.43. The Morgan fingerprint density at radius 2 is 1.79 bits per heavy atom. The third-order valence-corrected chi connectivity index (χ3v) is 7.94. The number of benzene rings is 2. The van der Waals surface area contributed by atoms with Gasteiger partial charge in [-0.1, -0.05) is 45.9 Å². The maximum atomic E-state index is 5.62. The zero-order valence-electron chi connectivity index (χ0n) is 19.3. The predicted octanol–water partition coefficient (Wildman–Crippen LogP) is 5.54. The molecule has 1 fully saturated rings. The maximum absolute atomic E-state index is 5.62. The minimum absolute atomic E-state index is 0.730. The van der Waals surface area contributed by atoms with Crippen molar-refractivity contribution in [1.82, 2.24) is 19.5 Å². The molecule has 1 saturated heterocycles. The summed E-state index contributed by atoms with van der Waals surface area (Å²) in [5.41, 5.74) is 6.54. The van der Waals surface area contributed by atoms with Gasteiger partial charge in [-0.25, -0.2) is 4.98 Å². The number of piperazine rings is 1. The molecule has 2 aromatic heterocycles. The summed E-state index contributed by atoms with van der Waals surface area (Å²) in [7, 11) is 0. The van der Waals surface area contributed by atoms with Crippen molar-refractivity contribution in [2.75, 3.05) is 37.0 Å². The first kappa shape index (κ1) is 21.9. The van der Waals surface area contributed by atoms with Gasteiger partial charge in [0.15, 0.2) is 5.65 Å². The van der Waals surface area contributed by atoms with Crippen molar-refractivity contribution in [2.24, 2.45) is 0 Å². The number of anilines is 1. The highest BCUT2D eigenvalue weighted by Gasteiger charge is 2.23. The van der Waals surface area contributed by atoms with Gasteiger partial charge >= 0.3 is 0 Å². The summed E-state index contributed by atoms with van der Waals surface area (Å²) in [6.07, 6.45) is 0. The van der Waals surface area contributed by atoms with Gasteiger partial charge in [0.1, 0.15) is 17.5 Å². The topological polar surface area (TPSA) is 45.9 Å². The van der Waals surface area contributed by atoms with Crippen molar-refractivity contribution in [3.8, 4) is 16.9 Å². The SMILES string of the molecule is Cc1cc(N2CCN(Cc3ccc4c(c3)SCO4)CC2)n2nc(C)c(-c3ccc(Br)cc3)c2n1. The van der Waals surface area contributed by atoms with E-state index in [2.05, 4.69) is 88.1 Å². The number of ether oxygens (including phenoxy) is 1. The molecule has 0 aliphatic carbocycles. The van der Waals surface area contributed by atoms with Gasteiger partial charge in [0.05, 0.1) is 10.6 Å². The van der Waals surface area contributed by atoms with E-state index in [0.717, 1.165) is 82.9 Å². The molecule has 6 nitrogen and oxygen atoms in total. The second kappa shape index (κ2) is 8.91. The summed E-state index contributed by atoms with van der Waals surface area (Å²) < 4.78 is 8.73. The lowest BCUT2D eigenvalue weighted by Gasteiger charge is -2.36. The number of thioether (sulfide) groups is 1. The van der Waals surface area contributed by atoms with Crippen molar-refractivity contribution < 1.29 is 4.74 Å². The Balaban J connectivity index is 1.24. The van der Waals surface area contributed by atoms with Crippen molar-refractivity contribution in [1.29, 1.82) is 0 Å². The zero-order chi connectivity index (χ0) is 23.2. The highest BCUT2D eigenvalue weighted by molar-refractivity contribution is 9.10. The van der Waals surface area contributed by atoms with Crippen LogP contribution in [-0.4, -0.2) is 51.6 Å². The van der Waals surface area contributed by atoms with Crippen LogP contribution in [0.1, 0.15) is 17.0 Å². The number of halogens is 1. The Bertz CT molecular complexity index is 1360. The van der Waals surface area contributed by atoms with Crippen molar-refractivity contribution in [2.45, 2.75) is 25.3 Å². The van der Waals surface area contributed by atoms with Crippen LogP contribution in [0.4, 0.5) is 5.82 Å². The first-order chi connectivity index (χ1) is 16.5. The van der Waals surface area contributed by atoms with Gasteiger partial charge in [-0.3, -0.25) is 4.90 Å². The van der Waals surface area contributed by atoms with Crippen LogP contribution >= 0.6 is 27.7 Å². The van der Waals surface area contributed by atoms with E-state index in [0.29, 0.717) is 0 Å². The number of aromatic nitrogens is 3. The Kier molecular flexibility index (Phi) is 5.75. The molecule has 0 N–H and O–H groups in total. The Morgan fingerprint density at radius 3 is 2.59 bits per heavy atom. The minimum atomic E-state index is 0.730. The fourth-order valence-corrected chi connectivity index (χ4v) is 5.92. The summed E-state index contributed by atoms with van der Waals surface area (Å²) in [5.74, 6) is 2.88. The zero-order valence-corrected chi connectivity index (χ0v) is 21.7. The van der Waals surface area contributed by atoms with Crippen LogP contribution in [0.2, 0.25) is 0 Å². The summed E-state index contributed by atoms with van der Waals surface area (Å²) in [6.45, 7) is 9.09. The van der Waals surface area contributed by atoms with Gasteiger partial charge in [-0.05, 0) is 49.2 Å². The van der Waals surface area contributed by atoms with Gasteiger partial charge < -0.3 is 9.64 Å². The smallest absolute Gasteiger partial charge is 0.165 e. The molecule has 0 radical (unpaired) electrons. The van der Waals surface area contributed by atoms with E-state index in [9.17, 15) is 0 Å². The third kappa shape index (κ3) is 4.08. The predicted molar refractivity (Wildman–Crippen MR) is 141 cm³/mol. The fourth-order valence-electron chi connectivity index (χ4n) is 4.84. The van der Waals surface area contributed by atoms with Crippen molar-refractivity contribution >= 4 is 39.2 Å². The number of hydrogen-bond acceptors (Lipinski definition) is 6. The second-order valence-corrected chi connectivity index (χ2v) is 10.8. The molecule has 0 amide bonds. The molecule has 0 atom stereocenters. The molecule has 174 valence electrons. The molecule has 4 aromatic rings. The molecule has 4 heterocycles. The van der Waals surface area contributed by atoms with Crippen molar-refractivity contribution in [3.63, 3.8) is 0 Å². The summed E-state index contributed by atoms with van der Waals surface area (Å²) >= 11 is 5.32. The molecule has 6 rings (SSSR count). The molecule has 0 unspecified atom stereocenters. The van der Waals surface area contributed by atoms with E-state index in [4.69, 9.17) is 14.8 Å². The van der Waals surface area contributed by atoms with Crippen LogP contribution in [0.5, 0.6) is 5.75 Å². The molecule has 0 saturated carbocycles. The van der Waals surface area contributed by atoms with Crippen LogP contribution in [0, 0.1) is 13.8 Å². The van der Waals surface area contributed by atoms with E-state index in [-0.39, 0.29) is 0 Å². The van der Waals surface area contributed by atoms with Gasteiger partial charge in [-0.2, -0.15) is 9.61 Å². The normalized spacial score (nSPS) is 16.1. The molecule has 34 heavy (non-hydrogen) atoms. The average molecular weight is 536 g/mol. The molecule has 0 spiro atoms. The van der Waals surface area contributed by atoms with Gasteiger partial charge in [-0.15, -0.1) is 0 Å². The summed E-state index contributed by atoms with van der Waals surface area (Å²) in [4.78, 5) is 11.1. The number of hydrogen-bond donors (Lipinski definition) is 0. The van der Waals surface area contributed by atoms with E-state index in [1.54, 1.807) is 11.8 Å². The molecule has 2 aromatic carbocycles. The van der Waals surface area contributed by atoms with Crippen LogP contribution in [0.25, 0.3) is 16.8 Å². The summed E-state index contributed by atoms with van der Waals surface area (Å²) in [6, 6.07) is 17.1. The molecule has 2 aliphatic heterocycles. The molecule has 2 aliphatic rings. The lowest BCUT2D eigenvalue weighted by Crippen LogP contribution is -2.46. The van der Waals surface area contributed by atoms with Crippen LogP contribution in [0.15, 0.2) is 57.9 Å². The Labute approximate surface area is 212 Å². The van der Waals surface area contributed by atoms with Crippen molar-refractivity contribution in [3.05, 3.63) is 70.0 Å². The van der Waals surface area contributed by atoms with Crippen LogP contribution in [0.3, 0.4) is 0 Å². The number of rotatable bonds is 4. The standard InChI is InChI=1S/C26H26BrN5OS/c1-17-13-24(32-26(28-17)25(18(2)29-32)20-4-6-21(27)7-5-20)31-11-9-30(10-12-31)15-19-3-8-22-23(14-19)34-16-33-22/h3-8,13-14H,9-12,15-16H2,1-2H3. The molecule has 8 heteroatoms. The lowest BCUT2D eigenvalue weighted by molar-refractivity contribution is 0.248. The number of nitrogens with zero attached hydrogens (tertiary/aromatic N) is 5. The van der Waals surface area contributed by atoms with E-state index in [1.807, 2.05) is 4.52 Å². The van der Waals surface area contributed by atoms with Crippen LogP contribution < -0.4 is 9.64 Å². The highest BCUT2D eigenvalue weighted by atomic mass is 79.9. The first-order valence-corrected chi connectivity index (χ1v) is 13.3. The van der Waals surface area contributed by atoms with Gasteiger partial charge in [0, 0.05) is 54.5 Å². The molecule has 0 bridgehead atoms. The maximum Gasteiger partial charge on any atom is 0.165 e. The van der Waals surface area contributed by atoms with E-state index >= 15 is 0 Å². The second-order valence-electron chi connectivity index (χ2n) is 8.91. The fraction of sp³-hybridized carbons (Fsp3) is 0.308. The first-order valence-electron chi connectivity index (χ1n) is 11.5. The lowest BCUT2D eigenvalue weighted by atomic mass is 10.1. The van der Waals surface area contributed by atoms with E-state index < -0.39 is 0 Å². The Morgan fingerprint density at radius 1 is 1.00 bits per heavy atom. The van der Waals surface area contributed by atoms with E-state index in [1.165, 1.54) is 10.5 Å². The highest BCUT2D eigenvalue weighted by Crippen LogP contribution is 2.37.